The van der Waals surface area contributed by atoms with E-state index in [1.165, 1.54) is 13.1 Å². The fourth-order valence-corrected chi connectivity index (χ4v) is 5.30. The van der Waals surface area contributed by atoms with Gasteiger partial charge < -0.3 is 15.0 Å². The number of nitrogens with zero attached hydrogens (tertiary/aromatic N) is 2. The molecule has 1 unspecified atom stereocenters. The highest BCUT2D eigenvalue weighted by Gasteiger charge is 2.34. The Balaban J connectivity index is 1.58. The lowest BCUT2D eigenvalue weighted by Crippen LogP contribution is -2.43. The fraction of sp³-hybridized carbons (Fsp3) is 0.333. The van der Waals surface area contributed by atoms with Gasteiger partial charge in [-0.25, -0.2) is 8.42 Å². The number of likely N-dealkylation sites (N-methyl/N-ethyl adjacent to an activating group) is 1. The van der Waals surface area contributed by atoms with E-state index in [9.17, 15) is 18.0 Å². The summed E-state index contributed by atoms with van der Waals surface area (Å²) in [7, 11) is -2.55. The monoisotopic (exact) mass is 429 g/mol. The largest absolute Gasteiger partial charge is 0.482 e. The average molecular weight is 429 g/mol. The number of rotatable bonds is 4. The summed E-state index contributed by atoms with van der Waals surface area (Å²) in [4.78, 5) is 26.2. The molecular formula is C21H23N3O5S. The number of anilines is 2. The summed E-state index contributed by atoms with van der Waals surface area (Å²) in [5, 5.41) is 2.66. The molecule has 1 atom stereocenters. The van der Waals surface area contributed by atoms with Crippen molar-refractivity contribution in [2.75, 3.05) is 30.4 Å². The van der Waals surface area contributed by atoms with Gasteiger partial charge in [0, 0.05) is 24.8 Å². The Kier molecular flexibility index (Phi) is 5.03. The fourth-order valence-electron chi connectivity index (χ4n) is 3.96. The second kappa shape index (κ2) is 7.41. The van der Waals surface area contributed by atoms with Crippen LogP contribution in [-0.2, 0) is 26.0 Å². The second-order valence-corrected chi connectivity index (χ2v) is 9.67. The van der Waals surface area contributed by atoms with Gasteiger partial charge in [-0.1, -0.05) is 18.2 Å². The van der Waals surface area contributed by atoms with Crippen molar-refractivity contribution in [2.24, 2.45) is 0 Å². The van der Waals surface area contributed by atoms with E-state index < -0.39 is 10.0 Å². The molecule has 0 aliphatic carbocycles. The predicted octanol–water partition coefficient (Wildman–Crippen LogP) is 1.92. The van der Waals surface area contributed by atoms with Gasteiger partial charge in [-0.2, -0.15) is 4.31 Å². The third-order valence-corrected chi connectivity index (χ3v) is 7.38. The molecule has 2 heterocycles. The number of hydrogen-bond donors (Lipinski definition) is 1. The Hall–Kier alpha value is -2.91. The van der Waals surface area contributed by atoms with Gasteiger partial charge in [-0.3, -0.25) is 9.59 Å². The third-order valence-electron chi connectivity index (χ3n) is 5.43. The minimum absolute atomic E-state index is 0.0338. The standard InChI is InChI=1S/C21H23N3O5S/c1-13-8-16-18(29-12-20(25)22-16)10-19(13)30(27,28)23(3)11-21(26)24-14(2)9-15-6-4-5-7-17(15)24/h4-8,10,14H,9,11-12H2,1-3H3,(H,22,25). The molecule has 2 aromatic rings. The van der Waals surface area contributed by atoms with Crippen LogP contribution in [-0.4, -0.2) is 50.8 Å². The van der Waals surface area contributed by atoms with Crippen molar-refractivity contribution in [1.82, 2.24) is 4.31 Å². The van der Waals surface area contributed by atoms with Gasteiger partial charge >= 0.3 is 0 Å². The molecule has 9 heteroatoms. The zero-order chi connectivity index (χ0) is 21.6. The molecule has 0 spiro atoms. The highest BCUT2D eigenvalue weighted by Crippen LogP contribution is 2.35. The van der Waals surface area contributed by atoms with Crippen molar-refractivity contribution in [1.29, 1.82) is 0 Å². The van der Waals surface area contributed by atoms with Crippen molar-refractivity contribution in [3.8, 4) is 5.75 Å². The Bertz CT molecular complexity index is 1150. The summed E-state index contributed by atoms with van der Waals surface area (Å²) in [5.74, 6) is -0.279. The van der Waals surface area contributed by atoms with Crippen molar-refractivity contribution >= 4 is 33.2 Å². The van der Waals surface area contributed by atoms with Gasteiger partial charge in [0.2, 0.25) is 15.9 Å². The molecule has 158 valence electrons. The van der Waals surface area contributed by atoms with Gasteiger partial charge in [-0.15, -0.1) is 0 Å². The van der Waals surface area contributed by atoms with E-state index in [4.69, 9.17) is 4.74 Å². The average Bonchev–Trinajstić information content (AvgIpc) is 3.02. The number of ether oxygens (including phenoxy) is 1. The lowest BCUT2D eigenvalue weighted by Gasteiger charge is -2.26. The van der Waals surface area contributed by atoms with Crippen LogP contribution >= 0.6 is 0 Å². The van der Waals surface area contributed by atoms with Gasteiger partial charge in [0.05, 0.1) is 17.1 Å². The Morgan fingerprint density at radius 3 is 2.80 bits per heavy atom. The molecule has 8 nitrogen and oxygen atoms in total. The first-order valence-corrected chi connectivity index (χ1v) is 11.1. The SMILES string of the molecule is Cc1cc2c(cc1S(=O)(=O)N(C)CC(=O)N1c3ccccc3CC1C)OCC(=O)N2. The van der Waals surface area contributed by atoms with E-state index in [2.05, 4.69) is 5.32 Å². The molecule has 0 saturated carbocycles. The highest BCUT2D eigenvalue weighted by molar-refractivity contribution is 7.89. The molecule has 2 aliphatic heterocycles. The first-order valence-electron chi connectivity index (χ1n) is 9.62. The van der Waals surface area contributed by atoms with Gasteiger partial charge in [-0.05, 0) is 43.5 Å². The number of carbonyl (C=O) groups excluding carboxylic acids is 2. The maximum atomic E-state index is 13.2. The number of benzene rings is 2. The Morgan fingerprint density at radius 1 is 1.30 bits per heavy atom. The van der Waals surface area contributed by atoms with E-state index >= 15 is 0 Å². The summed E-state index contributed by atoms with van der Waals surface area (Å²) in [6.07, 6.45) is 0.741. The smallest absolute Gasteiger partial charge is 0.262 e. The van der Waals surface area contributed by atoms with Crippen LogP contribution in [0, 0.1) is 6.92 Å². The molecule has 1 N–H and O–H groups in total. The van der Waals surface area contributed by atoms with Gasteiger partial charge in [0.1, 0.15) is 5.75 Å². The van der Waals surface area contributed by atoms with E-state index in [0.29, 0.717) is 17.0 Å². The van der Waals surface area contributed by atoms with Crippen molar-refractivity contribution < 1.29 is 22.7 Å². The third kappa shape index (κ3) is 3.44. The van der Waals surface area contributed by atoms with Crippen LogP contribution in [0.5, 0.6) is 5.75 Å². The molecule has 0 saturated heterocycles. The van der Waals surface area contributed by atoms with Crippen LogP contribution in [0.4, 0.5) is 11.4 Å². The van der Waals surface area contributed by atoms with Crippen molar-refractivity contribution in [3.05, 3.63) is 47.5 Å². The summed E-state index contributed by atoms with van der Waals surface area (Å²) in [6.45, 7) is 3.14. The van der Waals surface area contributed by atoms with E-state index in [-0.39, 0.29) is 35.9 Å². The van der Waals surface area contributed by atoms with Crippen LogP contribution in [0.25, 0.3) is 0 Å². The lowest BCUT2D eigenvalue weighted by molar-refractivity contribution is -0.119. The first-order chi connectivity index (χ1) is 14.2. The number of hydrogen-bond acceptors (Lipinski definition) is 5. The quantitative estimate of drug-likeness (QED) is 0.801. The molecule has 0 radical (unpaired) electrons. The predicted molar refractivity (Wildman–Crippen MR) is 112 cm³/mol. The van der Waals surface area contributed by atoms with Crippen molar-refractivity contribution in [3.63, 3.8) is 0 Å². The van der Waals surface area contributed by atoms with Crippen LogP contribution in [0.2, 0.25) is 0 Å². The van der Waals surface area contributed by atoms with Crippen LogP contribution in [0.15, 0.2) is 41.3 Å². The molecule has 2 amide bonds. The molecular weight excluding hydrogens is 406 g/mol. The van der Waals surface area contributed by atoms with Gasteiger partial charge in [0.25, 0.3) is 5.91 Å². The molecule has 0 aromatic heterocycles. The summed E-state index contributed by atoms with van der Waals surface area (Å²) < 4.78 is 32.8. The van der Waals surface area contributed by atoms with E-state index in [1.807, 2.05) is 31.2 Å². The highest BCUT2D eigenvalue weighted by atomic mass is 32.2. The Morgan fingerprint density at radius 2 is 2.03 bits per heavy atom. The van der Waals surface area contributed by atoms with Crippen LogP contribution in [0.1, 0.15) is 18.1 Å². The minimum Gasteiger partial charge on any atom is -0.482 e. The maximum Gasteiger partial charge on any atom is 0.262 e. The van der Waals surface area contributed by atoms with Crippen molar-refractivity contribution in [2.45, 2.75) is 31.2 Å². The molecule has 2 aliphatic rings. The Labute approximate surface area is 175 Å². The van der Waals surface area contributed by atoms with Crippen LogP contribution in [0.3, 0.4) is 0 Å². The summed E-state index contributed by atoms with van der Waals surface area (Å²) in [5.41, 5.74) is 2.80. The molecule has 30 heavy (non-hydrogen) atoms. The normalized spacial score (nSPS) is 17.9. The number of para-hydroxylation sites is 1. The van der Waals surface area contributed by atoms with E-state index in [1.54, 1.807) is 17.9 Å². The molecule has 0 fully saturated rings. The maximum absolute atomic E-state index is 13.2. The molecule has 2 aromatic carbocycles. The van der Waals surface area contributed by atoms with Crippen LogP contribution < -0.4 is 15.0 Å². The first kappa shape index (κ1) is 20.4. The number of sulfonamides is 1. The summed E-state index contributed by atoms with van der Waals surface area (Å²) in [6, 6.07) is 10.6. The second-order valence-electron chi connectivity index (χ2n) is 7.66. The van der Waals surface area contributed by atoms with E-state index in [0.717, 1.165) is 22.0 Å². The van der Waals surface area contributed by atoms with Gasteiger partial charge in [0.15, 0.2) is 6.61 Å². The zero-order valence-electron chi connectivity index (χ0n) is 17.0. The number of carbonyl (C=O) groups is 2. The summed E-state index contributed by atoms with van der Waals surface area (Å²) >= 11 is 0. The number of amides is 2. The number of aryl methyl sites for hydroxylation is 1. The lowest BCUT2D eigenvalue weighted by atomic mass is 10.1. The topological polar surface area (TPSA) is 96.0 Å². The zero-order valence-corrected chi connectivity index (χ0v) is 17.8. The molecule has 0 bridgehead atoms. The minimum atomic E-state index is -3.94. The number of fused-ring (bicyclic) bond motifs is 2. The number of nitrogens with one attached hydrogen (secondary N) is 1. The molecule has 4 rings (SSSR count).